The zero-order chi connectivity index (χ0) is 15.6. The number of nitrogens with one attached hydrogen (secondary N) is 1. The van der Waals surface area contributed by atoms with Crippen molar-refractivity contribution in [2.75, 3.05) is 0 Å². The SMILES string of the molecule is CC(O)C(C)(C)NC(=O)c1ccccc1SC(F)(F)F. The first-order valence-electron chi connectivity index (χ1n) is 5.88. The largest absolute Gasteiger partial charge is 0.446 e. The lowest BCUT2D eigenvalue weighted by Gasteiger charge is -2.29. The van der Waals surface area contributed by atoms with Crippen molar-refractivity contribution in [1.29, 1.82) is 0 Å². The highest BCUT2D eigenvalue weighted by Gasteiger charge is 2.32. The Kier molecular flexibility index (Phi) is 5.10. The van der Waals surface area contributed by atoms with E-state index in [0.717, 1.165) is 0 Å². The molecule has 1 amide bonds. The number of thioether (sulfide) groups is 1. The molecule has 0 aliphatic heterocycles. The van der Waals surface area contributed by atoms with Crippen molar-refractivity contribution in [1.82, 2.24) is 5.32 Å². The Bertz CT molecular complexity index is 487. The maximum absolute atomic E-state index is 12.4. The predicted molar refractivity (Wildman–Crippen MR) is 71.6 cm³/mol. The molecular formula is C13H16F3NO2S. The average molecular weight is 307 g/mol. The van der Waals surface area contributed by atoms with Gasteiger partial charge in [0, 0.05) is 4.90 Å². The van der Waals surface area contributed by atoms with Crippen molar-refractivity contribution < 1.29 is 23.1 Å². The molecule has 0 aromatic heterocycles. The van der Waals surface area contributed by atoms with Gasteiger partial charge in [0.1, 0.15) is 0 Å². The van der Waals surface area contributed by atoms with E-state index in [2.05, 4.69) is 5.32 Å². The van der Waals surface area contributed by atoms with Gasteiger partial charge in [0.25, 0.3) is 5.91 Å². The first-order valence-corrected chi connectivity index (χ1v) is 6.70. The normalized spacial score (nSPS) is 13.9. The molecule has 7 heteroatoms. The summed E-state index contributed by atoms with van der Waals surface area (Å²) in [7, 11) is 0. The monoisotopic (exact) mass is 307 g/mol. The quantitative estimate of drug-likeness (QED) is 0.840. The first kappa shape index (κ1) is 16.8. The molecule has 1 unspecified atom stereocenters. The molecule has 1 atom stereocenters. The van der Waals surface area contributed by atoms with E-state index in [1.165, 1.54) is 31.2 Å². The summed E-state index contributed by atoms with van der Waals surface area (Å²) in [6, 6.07) is 5.49. The second kappa shape index (κ2) is 6.05. The maximum Gasteiger partial charge on any atom is 0.446 e. The van der Waals surface area contributed by atoms with Crippen molar-refractivity contribution in [3.8, 4) is 0 Å². The van der Waals surface area contributed by atoms with Crippen molar-refractivity contribution in [3.63, 3.8) is 0 Å². The summed E-state index contributed by atoms with van der Waals surface area (Å²) >= 11 is -0.333. The van der Waals surface area contributed by atoms with Gasteiger partial charge in [-0.05, 0) is 44.7 Å². The van der Waals surface area contributed by atoms with Crippen LogP contribution in [0.5, 0.6) is 0 Å². The summed E-state index contributed by atoms with van der Waals surface area (Å²) in [4.78, 5) is 11.9. The number of hydrogen-bond donors (Lipinski definition) is 2. The van der Waals surface area contributed by atoms with E-state index in [-0.39, 0.29) is 22.2 Å². The number of amides is 1. The van der Waals surface area contributed by atoms with Crippen molar-refractivity contribution in [2.24, 2.45) is 0 Å². The van der Waals surface area contributed by atoms with Crippen LogP contribution in [0.3, 0.4) is 0 Å². The Morgan fingerprint density at radius 2 is 1.85 bits per heavy atom. The van der Waals surface area contributed by atoms with Gasteiger partial charge in [-0.25, -0.2) is 0 Å². The minimum atomic E-state index is -4.46. The number of halogens is 3. The lowest BCUT2D eigenvalue weighted by atomic mass is 9.98. The van der Waals surface area contributed by atoms with Crippen molar-refractivity contribution >= 4 is 17.7 Å². The molecule has 0 heterocycles. The fourth-order valence-electron chi connectivity index (χ4n) is 1.33. The average Bonchev–Trinajstić information content (AvgIpc) is 2.26. The standard InChI is InChI=1S/C13H16F3NO2S/c1-8(18)12(2,3)17-11(19)9-6-4-5-7-10(9)20-13(14,15)16/h4-8,18H,1-3H3,(H,17,19). The third-order valence-electron chi connectivity index (χ3n) is 2.84. The third-order valence-corrected chi connectivity index (χ3v) is 3.64. The number of benzene rings is 1. The molecule has 0 aliphatic carbocycles. The van der Waals surface area contributed by atoms with E-state index in [1.807, 2.05) is 0 Å². The summed E-state index contributed by atoms with van der Waals surface area (Å²) in [5.41, 5.74) is -5.47. The molecule has 1 rings (SSSR count). The second-order valence-electron chi connectivity index (χ2n) is 4.90. The molecule has 0 saturated heterocycles. The van der Waals surface area contributed by atoms with Crippen LogP contribution in [0.1, 0.15) is 31.1 Å². The van der Waals surface area contributed by atoms with Gasteiger partial charge in [-0.2, -0.15) is 13.2 Å². The van der Waals surface area contributed by atoms with Crippen LogP contribution in [0.2, 0.25) is 0 Å². The molecule has 0 saturated carbocycles. The molecule has 0 bridgehead atoms. The first-order chi connectivity index (χ1) is 9.03. The maximum atomic E-state index is 12.4. The molecule has 0 spiro atoms. The lowest BCUT2D eigenvalue weighted by Crippen LogP contribution is -2.51. The highest BCUT2D eigenvalue weighted by molar-refractivity contribution is 8.00. The van der Waals surface area contributed by atoms with Crippen LogP contribution in [0.25, 0.3) is 0 Å². The van der Waals surface area contributed by atoms with Gasteiger partial charge in [0.2, 0.25) is 0 Å². The highest BCUT2D eigenvalue weighted by Crippen LogP contribution is 2.38. The van der Waals surface area contributed by atoms with Crippen molar-refractivity contribution in [2.45, 2.75) is 42.8 Å². The van der Waals surface area contributed by atoms with E-state index in [4.69, 9.17) is 0 Å². The van der Waals surface area contributed by atoms with Crippen LogP contribution >= 0.6 is 11.8 Å². The van der Waals surface area contributed by atoms with Crippen LogP contribution in [-0.4, -0.2) is 28.2 Å². The molecular weight excluding hydrogens is 291 g/mol. The molecule has 0 fully saturated rings. The summed E-state index contributed by atoms with van der Waals surface area (Å²) in [5, 5.41) is 12.1. The second-order valence-corrected chi connectivity index (χ2v) is 6.00. The number of alkyl halides is 3. The summed E-state index contributed by atoms with van der Waals surface area (Å²) in [6.07, 6.45) is -0.839. The number of carbonyl (C=O) groups excluding carboxylic acids is 1. The predicted octanol–water partition coefficient (Wildman–Crippen LogP) is 3.19. The molecule has 1 aromatic carbocycles. The molecule has 3 nitrogen and oxygen atoms in total. The molecule has 112 valence electrons. The number of aliphatic hydroxyl groups excluding tert-OH is 1. The molecule has 0 aliphatic rings. The Hall–Kier alpha value is -1.21. The Morgan fingerprint density at radius 1 is 1.30 bits per heavy atom. The van der Waals surface area contributed by atoms with Gasteiger partial charge in [0.15, 0.2) is 0 Å². The topological polar surface area (TPSA) is 49.3 Å². The zero-order valence-corrected chi connectivity index (χ0v) is 12.1. The van der Waals surface area contributed by atoms with E-state index < -0.39 is 23.1 Å². The van der Waals surface area contributed by atoms with Crippen LogP contribution < -0.4 is 5.32 Å². The minimum absolute atomic E-state index is 0.0662. The van der Waals surface area contributed by atoms with E-state index in [9.17, 15) is 23.1 Å². The van der Waals surface area contributed by atoms with Gasteiger partial charge in [-0.15, -0.1) is 0 Å². The van der Waals surface area contributed by atoms with Gasteiger partial charge in [-0.3, -0.25) is 4.79 Å². The summed E-state index contributed by atoms with van der Waals surface area (Å²) in [5.74, 6) is -0.650. The van der Waals surface area contributed by atoms with Crippen LogP contribution in [0.4, 0.5) is 13.2 Å². The summed E-state index contributed by atoms with van der Waals surface area (Å²) < 4.78 is 37.3. The Morgan fingerprint density at radius 3 is 2.35 bits per heavy atom. The van der Waals surface area contributed by atoms with Crippen LogP contribution in [-0.2, 0) is 0 Å². The van der Waals surface area contributed by atoms with E-state index in [0.29, 0.717) is 0 Å². The van der Waals surface area contributed by atoms with E-state index >= 15 is 0 Å². The molecule has 2 N–H and O–H groups in total. The van der Waals surface area contributed by atoms with Crippen LogP contribution in [0.15, 0.2) is 29.2 Å². The summed E-state index contributed by atoms with van der Waals surface area (Å²) in [6.45, 7) is 4.68. The van der Waals surface area contributed by atoms with Gasteiger partial charge >= 0.3 is 5.51 Å². The third kappa shape index (κ3) is 4.72. The van der Waals surface area contributed by atoms with Crippen LogP contribution in [0, 0.1) is 0 Å². The van der Waals surface area contributed by atoms with Gasteiger partial charge in [-0.1, -0.05) is 12.1 Å². The Balaban J connectivity index is 2.99. The molecule has 20 heavy (non-hydrogen) atoms. The fraction of sp³-hybridized carbons (Fsp3) is 0.462. The smallest absolute Gasteiger partial charge is 0.391 e. The minimum Gasteiger partial charge on any atom is -0.391 e. The number of rotatable bonds is 4. The Labute approximate surface area is 119 Å². The highest BCUT2D eigenvalue weighted by atomic mass is 32.2. The molecule has 0 radical (unpaired) electrons. The van der Waals surface area contributed by atoms with Gasteiger partial charge < -0.3 is 10.4 Å². The van der Waals surface area contributed by atoms with E-state index in [1.54, 1.807) is 13.8 Å². The van der Waals surface area contributed by atoms with Crippen molar-refractivity contribution in [3.05, 3.63) is 29.8 Å². The fourth-order valence-corrected chi connectivity index (χ4v) is 2.00. The lowest BCUT2D eigenvalue weighted by molar-refractivity contribution is -0.0328. The number of hydrogen-bond acceptors (Lipinski definition) is 3. The van der Waals surface area contributed by atoms with Gasteiger partial charge in [0.05, 0.1) is 17.2 Å². The number of aliphatic hydroxyl groups is 1. The zero-order valence-electron chi connectivity index (χ0n) is 11.3. The molecule has 1 aromatic rings. The number of carbonyl (C=O) groups is 1.